The normalized spacial score (nSPS) is 11.5. The molecule has 3 N–H and O–H groups in total. The van der Waals surface area contributed by atoms with E-state index in [4.69, 9.17) is 11.1 Å². The Labute approximate surface area is 73.9 Å². The average Bonchev–Trinajstić information content (AvgIpc) is 1.84. The molecule has 0 atom stereocenters. The molecule has 0 rings (SSSR count). The Hall–Kier alpha value is -1.06. The van der Waals surface area contributed by atoms with Gasteiger partial charge in [-0.05, 0) is 19.8 Å². The molecular formula is C8H18N4. The first-order chi connectivity index (χ1) is 5.45. The molecule has 0 radical (unpaired) electrons. The molecule has 0 amide bonds. The summed E-state index contributed by atoms with van der Waals surface area (Å²) < 4.78 is 0. The monoisotopic (exact) mass is 170 g/mol. The summed E-state index contributed by atoms with van der Waals surface area (Å²) in [6, 6.07) is 0.137. The molecule has 4 heteroatoms. The third kappa shape index (κ3) is 3.95. The predicted molar refractivity (Wildman–Crippen MR) is 52.2 cm³/mol. The van der Waals surface area contributed by atoms with Crippen LogP contribution in [-0.4, -0.2) is 23.2 Å². The predicted octanol–water partition coefficient (Wildman–Crippen LogP) is 1.23. The second-order valence-corrected chi connectivity index (χ2v) is 3.33. The topological polar surface area (TPSA) is 65.5 Å². The van der Waals surface area contributed by atoms with Crippen molar-refractivity contribution in [2.75, 3.05) is 0 Å². The van der Waals surface area contributed by atoms with Crippen LogP contribution in [0, 0.1) is 11.3 Å². The van der Waals surface area contributed by atoms with Gasteiger partial charge in [0.15, 0.2) is 0 Å². The number of nitrogens with one attached hydrogen (secondary N) is 1. The SMILES string of the molecule is CC(C)C=NN(C(=N)N)C(C)C. The Kier molecular flexibility index (Phi) is 4.33. The molecule has 0 bridgehead atoms. The van der Waals surface area contributed by atoms with E-state index in [9.17, 15) is 0 Å². The van der Waals surface area contributed by atoms with Crippen LogP contribution in [0.5, 0.6) is 0 Å². The van der Waals surface area contributed by atoms with Gasteiger partial charge < -0.3 is 5.73 Å². The van der Waals surface area contributed by atoms with Gasteiger partial charge >= 0.3 is 0 Å². The van der Waals surface area contributed by atoms with E-state index in [-0.39, 0.29) is 12.0 Å². The van der Waals surface area contributed by atoms with Crippen molar-refractivity contribution in [1.82, 2.24) is 5.01 Å². The molecular weight excluding hydrogens is 152 g/mol. The van der Waals surface area contributed by atoms with Gasteiger partial charge in [-0.3, -0.25) is 5.41 Å². The van der Waals surface area contributed by atoms with E-state index in [1.54, 1.807) is 6.21 Å². The zero-order valence-electron chi connectivity index (χ0n) is 8.20. The summed E-state index contributed by atoms with van der Waals surface area (Å²) in [7, 11) is 0. The van der Waals surface area contributed by atoms with Crippen LogP contribution in [0.2, 0.25) is 0 Å². The van der Waals surface area contributed by atoms with Gasteiger partial charge in [0.1, 0.15) is 0 Å². The summed E-state index contributed by atoms with van der Waals surface area (Å²) in [5.74, 6) is 0.368. The molecule has 4 nitrogen and oxygen atoms in total. The maximum Gasteiger partial charge on any atom is 0.209 e. The van der Waals surface area contributed by atoms with E-state index >= 15 is 0 Å². The highest BCUT2D eigenvalue weighted by molar-refractivity contribution is 5.76. The molecule has 0 unspecified atom stereocenters. The van der Waals surface area contributed by atoms with Crippen molar-refractivity contribution >= 4 is 12.2 Å². The van der Waals surface area contributed by atoms with E-state index < -0.39 is 0 Å². The zero-order valence-corrected chi connectivity index (χ0v) is 8.20. The summed E-state index contributed by atoms with van der Waals surface area (Å²) in [4.78, 5) is 0. The molecule has 0 aromatic rings. The quantitative estimate of drug-likeness (QED) is 0.380. The molecule has 0 fully saturated rings. The lowest BCUT2D eigenvalue weighted by molar-refractivity contribution is 0.362. The Balaban J connectivity index is 4.24. The van der Waals surface area contributed by atoms with Crippen molar-refractivity contribution in [3.8, 4) is 0 Å². The second-order valence-electron chi connectivity index (χ2n) is 3.33. The van der Waals surface area contributed by atoms with Crippen molar-refractivity contribution < 1.29 is 0 Å². The lowest BCUT2D eigenvalue weighted by Gasteiger charge is -2.20. The minimum atomic E-state index is -0.0121. The highest BCUT2D eigenvalue weighted by atomic mass is 15.5. The van der Waals surface area contributed by atoms with Crippen LogP contribution in [0.15, 0.2) is 5.10 Å². The van der Waals surface area contributed by atoms with E-state index in [1.807, 2.05) is 27.7 Å². The number of rotatable bonds is 3. The number of nitrogens with two attached hydrogens (primary N) is 1. The summed E-state index contributed by atoms with van der Waals surface area (Å²) in [6.07, 6.45) is 1.78. The number of nitrogens with zero attached hydrogens (tertiary/aromatic N) is 2. The number of hydrogen-bond acceptors (Lipinski definition) is 2. The molecule has 0 aromatic heterocycles. The third-order valence-electron chi connectivity index (χ3n) is 1.23. The van der Waals surface area contributed by atoms with Crippen molar-refractivity contribution in [1.29, 1.82) is 5.41 Å². The second kappa shape index (κ2) is 4.74. The van der Waals surface area contributed by atoms with Gasteiger partial charge in [0.25, 0.3) is 0 Å². The molecule has 0 saturated heterocycles. The molecule has 0 saturated carbocycles. The molecule has 0 aliphatic rings. The molecule has 0 aliphatic carbocycles. The summed E-state index contributed by atoms with van der Waals surface area (Å²) in [5.41, 5.74) is 5.32. The molecule has 70 valence electrons. The van der Waals surface area contributed by atoms with E-state index in [2.05, 4.69) is 5.10 Å². The first-order valence-electron chi connectivity index (χ1n) is 4.12. The van der Waals surface area contributed by atoms with Crippen LogP contribution in [0.4, 0.5) is 0 Å². The molecule has 0 aromatic carbocycles. The fourth-order valence-corrected chi connectivity index (χ4v) is 0.679. The van der Waals surface area contributed by atoms with E-state index in [1.165, 1.54) is 5.01 Å². The maximum absolute atomic E-state index is 7.22. The molecule has 0 heterocycles. The number of hydrogen-bond donors (Lipinski definition) is 2. The van der Waals surface area contributed by atoms with Crippen LogP contribution in [-0.2, 0) is 0 Å². The van der Waals surface area contributed by atoms with Crippen molar-refractivity contribution in [2.45, 2.75) is 33.7 Å². The van der Waals surface area contributed by atoms with Crippen LogP contribution in [0.1, 0.15) is 27.7 Å². The Morgan fingerprint density at radius 1 is 1.42 bits per heavy atom. The number of guanidine groups is 1. The van der Waals surface area contributed by atoms with Crippen LogP contribution in [0.3, 0.4) is 0 Å². The lowest BCUT2D eigenvalue weighted by atomic mass is 10.3. The first kappa shape index (κ1) is 10.9. The largest absolute Gasteiger partial charge is 0.369 e. The summed E-state index contributed by atoms with van der Waals surface area (Å²) in [5, 5.41) is 12.8. The standard InChI is InChI=1S/C8H18N4/c1-6(2)5-11-12(7(3)4)8(9)10/h5-7H,1-4H3,(H3,9,10). The van der Waals surface area contributed by atoms with Gasteiger partial charge in [-0.1, -0.05) is 13.8 Å². The van der Waals surface area contributed by atoms with Crippen LogP contribution in [0.25, 0.3) is 0 Å². The molecule has 0 spiro atoms. The molecule has 12 heavy (non-hydrogen) atoms. The third-order valence-corrected chi connectivity index (χ3v) is 1.23. The summed E-state index contributed by atoms with van der Waals surface area (Å²) >= 11 is 0. The smallest absolute Gasteiger partial charge is 0.209 e. The van der Waals surface area contributed by atoms with Crippen LogP contribution < -0.4 is 5.73 Å². The van der Waals surface area contributed by atoms with Gasteiger partial charge in [-0.25, -0.2) is 5.01 Å². The Morgan fingerprint density at radius 3 is 2.17 bits per heavy atom. The van der Waals surface area contributed by atoms with Gasteiger partial charge in [-0.15, -0.1) is 0 Å². The minimum Gasteiger partial charge on any atom is -0.369 e. The van der Waals surface area contributed by atoms with Gasteiger partial charge in [0, 0.05) is 6.21 Å². The Morgan fingerprint density at radius 2 is 1.92 bits per heavy atom. The fourth-order valence-electron chi connectivity index (χ4n) is 0.679. The van der Waals surface area contributed by atoms with Crippen LogP contribution >= 0.6 is 0 Å². The molecule has 0 aliphatic heterocycles. The minimum absolute atomic E-state index is 0.0121. The Bertz CT molecular complexity index is 172. The van der Waals surface area contributed by atoms with E-state index in [0.29, 0.717) is 5.92 Å². The van der Waals surface area contributed by atoms with Crippen molar-refractivity contribution in [2.24, 2.45) is 16.8 Å². The van der Waals surface area contributed by atoms with Gasteiger partial charge in [-0.2, -0.15) is 5.10 Å². The number of hydrazone groups is 1. The first-order valence-corrected chi connectivity index (χ1v) is 4.12. The van der Waals surface area contributed by atoms with Gasteiger partial charge in [0.2, 0.25) is 5.96 Å². The van der Waals surface area contributed by atoms with Crippen molar-refractivity contribution in [3.63, 3.8) is 0 Å². The maximum atomic E-state index is 7.22. The summed E-state index contributed by atoms with van der Waals surface area (Å²) in [6.45, 7) is 7.95. The highest BCUT2D eigenvalue weighted by Gasteiger charge is 2.07. The zero-order chi connectivity index (χ0) is 9.72. The van der Waals surface area contributed by atoms with Gasteiger partial charge in [0.05, 0.1) is 6.04 Å². The van der Waals surface area contributed by atoms with E-state index in [0.717, 1.165) is 0 Å². The van der Waals surface area contributed by atoms with Crippen molar-refractivity contribution in [3.05, 3.63) is 0 Å². The highest BCUT2D eigenvalue weighted by Crippen LogP contribution is 1.98. The lowest BCUT2D eigenvalue weighted by Crippen LogP contribution is -2.37. The fraction of sp³-hybridized carbons (Fsp3) is 0.750. The average molecular weight is 170 g/mol.